The SMILES string of the molecule is O=C1c2ccccc2C(=O)N1C/C=C/c1c[nH]c2ccccc12. The number of fused-ring (bicyclic) bond motifs is 2. The molecular formula is C19H14N2O2. The molecule has 3 aromatic rings. The molecule has 1 aliphatic rings. The van der Waals surface area contributed by atoms with Gasteiger partial charge >= 0.3 is 0 Å². The summed E-state index contributed by atoms with van der Waals surface area (Å²) < 4.78 is 0. The summed E-state index contributed by atoms with van der Waals surface area (Å²) in [6.07, 6.45) is 5.70. The van der Waals surface area contributed by atoms with Gasteiger partial charge in [0, 0.05) is 23.6 Å². The number of imide groups is 1. The second-order valence-electron chi connectivity index (χ2n) is 5.46. The number of carbonyl (C=O) groups is 2. The van der Waals surface area contributed by atoms with Crippen LogP contribution in [0.1, 0.15) is 26.3 Å². The summed E-state index contributed by atoms with van der Waals surface area (Å²) in [5, 5.41) is 1.12. The van der Waals surface area contributed by atoms with Crippen molar-refractivity contribution >= 4 is 28.8 Å². The number of rotatable bonds is 3. The minimum absolute atomic E-state index is 0.228. The molecule has 0 bridgehead atoms. The van der Waals surface area contributed by atoms with Gasteiger partial charge in [-0.1, -0.05) is 42.5 Å². The lowest BCUT2D eigenvalue weighted by Gasteiger charge is -2.10. The highest BCUT2D eigenvalue weighted by atomic mass is 16.2. The lowest BCUT2D eigenvalue weighted by atomic mass is 10.1. The van der Waals surface area contributed by atoms with Gasteiger partial charge in [-0.15, -0.1) is 0 Å². The summed E-state index contributed by atoms with van der Waals surface area (Å²) >= 11 is 0. The van der Waals surface area contributed by atoms with Crippen LogP contribution < -0.4 is 0 Å². The number of benzene rings is 2. The lowest BCUT2D eigenvalue weighted by molar-refractivity contribution is 0.0672. The maximum Gasteiger partial charge on any atom is 0.261 e. The standard InChI is InChI=1S/C19H14N2O2/c22-18-15-8-1-2-9-16(15)19(23)21(18)11-5-6-13-12-20-17-10-4-3-7-14(13)17/h1-10,12,20H,11H2/b6-5+. The molecule has 0 spiro atoms. The van der Waals surface area contributed by atoms with Crippen molar-refractivity contribution in [2.45, 2.75) is 0 Å². The molecule has 0 atom stereocenters. The summed E-state index contributed by atoms with van der Waals surface area (Å²) in [7, 11) is 0. The first-order chi connectivity index (χ1) is 11.3. The number of aromatic nitrogens is 1. The van der Waals surface area contributed by atoms with Crippen LogP contribution in [0.5, 0.6) is 0 Å². The molecule has 2 amide bonds. The first-order valence-corrected chi connectivity index (χ1v) is 7.43. The summed E-state index contributed by atoms with van der Waals surface area (Å²) in [4.78, 5) is 29.0. The Morgan fingerprint density at radius 2 is 1.57 bits per heavy atom. The third kappa shape index (κ3) is 2.16. The third-order valence-corrected chi connectivity index (χ3v) is 4.08. The zero-order chi connectivity index (χ0) is 15.8. The van der Waals surface area contributed by atoms with Gasteiger partial charge in [-0.05, 0) is 23.8 Å². The largest absolute Gasteiger partial charge is 0.361 e. The number of nitrogens with one attached hydrogen (secondary N) is 1. The first-order valence-electron chi connectivity index (χ1n) is 7.43. The fourth-order valence-corrected chi connectivity index (χ4v) is 2.92. The van der Waals surface area contributed by atoms with Crippen LogP contribution in [0.25, 0.3) is 17.0 Å². The Labute approximate surface area is 133 Å². The number of aromatic amines is 1. The predicted octanol–water partition coefficient (Wildman–Crippen LogP) is 3.48. The van der Waals surface area contributed by atoms with Gasteiger partial charge in [0.15, 0.2) is 0 Å². The molecule has 23 heavy (non-hydrogen) atoms. The normalized spacial score (nSPS) is 14.2. The van der Waals surface area contributed by atoms with Crippen LogP contribution in [0.4, 0.5) is 0 Å². The minimum Gasteiger partial charge on any atom is -0.361 e. The summed E-state index contributed by atoms with van der Waals surface area (Å²) in [6.45, 7) is 0.270. The number of amides is 2. The number of hydrogen-bond acceptors (Lipinski definition) is 2. The zero-order valence-corrected chi connectivity index (χ0v) is 12.3. The maximum absolute atomic E-state index is 12.3. The molecule has 4 rings (SSSR count). The Hall–Kier alpha value is -3.14. The van der Waals surface area contributed by atoms with Gasteiger partial charge < -0.3 is 4.98 Å². The van der Waals surface area contributed by atoms with Gasteiger partial charge in [-0.3, -0.25) is 14.5 Å². The molecule has 0 saturated carbocycles. The van der Waals surface area contributed by atoms with Crippen LogP contribution in [-0.2, 0) is 0 Å². The highest BCUT2D eigenvalue weighted by Gasteiger charge is 2.34. The Bertz CT molecular complexity index is 918. The van der Waals surface area contributed by atoms with E-state index in [1.807, 2.05) is 42.6 Å². The number of hydrogen-bond donors (Lipinski definition) is 1. The predicted molar refractivity (Wildman–Crippen MR) is 89.1 cm³/mol. The lowest BCUT2D eigenvalue weighted by Crippen LogP contribution is -2.29. The Kier molecular flexibility index (Phi) is 3.08. The molecule has 112 valence electrons. The second-order valence-corrected chi connectivity index (χ2v) is 5.46. The van der Waals surface area contributed by atoms with E-state index in [9.17, 15) is 9.59 Å². The van der Waals surface area contributed by atoms with Crippen LogP contribution in [0, 0.1) is 0 Å². The zero-order valence-electron chi connectivity index (χ0n) is 12.3. The van der Waals surface area contributed by atoms with E-state index < -0.39 is 0 Å². The van der Waals surface area contributed by atoms with E-state index in [1.54, 1.807) is 24.3 Å². The minimum atomic E-state index is -0.228. The molecule has 1 aromatic heterocycles. The molecule has 2 aromatic carbocycles. The smallest absolute Gasteiger partial charge is 0.261 e. The van der Waals surface area contributed by atoms with E-state index in [0.29, 0.717) is 11.1 Å². The second kappa shape index (κ2) is 5.25. The van der Waals surface area contributed by atoms with Crippen LogP contribution in [0.3, 0.4) is 0 Å². The van der Waals surface area contributed by atoms with Crippen LogP contribution in [0.2, 0.25) is 0 Å². The summed E-state index contributed by atoms with van der Waals surface area (Å²) in [5.41, 5.74) is 3.07. The van der Waals surface area contributed by atoms with Crippen LogP contribution in [0.15, 0.2) is 60.8 Å². The fourth-order valence-electron chi connectivity index (χ4n) is 2.92. The fraction of sp³-hybridized carbons (Fsp3) is 0.0526. The molecule has 0 unspecified atom stereocenters. The molecule has 0 radical (unpaired) electrons. The van der Waals surface area contributed by atoms with E-state index in [0.717, 1.165) is 16.5 Å². The van der Waals surface area contributed by atoms with Gasteiger partial charge in [0.05, 0.1) is 11.1 Å². The van der Waals surface area contributed by atoms with Crippen LogP contribution >= 0.6 is 0 Å². The van der Waals surface area contributed by atoms with Crippen molar-refractivity contribution in [2.24, 2.45) is 0 Å². The highest BCUT2D eigenvalue weighted by Crippen LogP contribution is 2.23. The molecular weight excluding hydrogens is 288 g/mol. The van der Waals surface area contributed by atoms with Crippen LogP contribution in [-0.4, -0.2) is 28.2 Å². The number of H-pyrrole nitrogens is 1. The molecule has 1 aliphatic heterocycles. The first kappa shape index (κ1) is 13.5. The van der Waals surface area contributed by atoms with Crippen molar-refractivity contribution < 1.29 is 9.59 Å². The number of para-hydroxylation sites is 1. The van der Waals surface area contributed by atoms with E-state index in [-0.39, 0.29) is 18.4 Å². The molecule has 4 nitrogen and oxygen atoms in total. The summed E-state index contributed by atoms with van der Waals surface area (Å²) in [5.74, 6) is -0.455. The highest BCUT2D eigenvalue weighted by molar-refractivity contribution is 6.21. The van der Waals surface area contributed by atoms with Gasteiger partial charge in [-0.2, -0.15) is 0 Å². The third-order valence-electron chi connectivity index (χ3n) is 4.08. The molecule has 0 saturated heterocycles. The Morgan fingerprint density at radius 3 is 2.30 bits per heavy atom. The average Bonchev–Trinajstić information content (AvgIpc) is 3.10. The van der Waals surface area contributed by atoms with Gasteiger partial charge in [0.1, 0.15) is 0 Å². The molecule has 2 heterocycles. The molecule has 4 heteroatoms. The number of nitrogens with zero attached hydrogens (tertiary/aromatic N) is 1. The monoisotopic (exact) mass is 302 g/mol. The van der Waals surface area contributed by atoms with Gasteiger partial charge in [0.2, 0.25) is 0 Å². The molecule has 0 fully saturated rings. The van der Waals surface area contributed by atoms with Crippen molar-refractivity contribution in [1.29, 1.82) is 0 Å². The van der Waals surface area contributed by atoms with Crippen molar-refractivity contribution in [3.05, 3.63) is 77.5 Å². The van der Waals surface area contributed by atoms with E-state index in [1.165, 1.54) is 4.90 Å². The van der Waals surface area contributed by atoms with E-state index >= 15 is 0 Å². The van der Waals surface area contributed by atoms with Crippen molar-refractivity contribution in [3.63, 3.8) is 0 Å². The summed E-state index contributed by atoms with van der Waals surface area (Å²) in [6, 6.07) is 14.9. The van der Waals surface area contributed by atoms with Gasteiger partial charge in [-0.25, -0.2) is 0 Å². The van der Waals surface area contributed by atoms with Crippen molar-refractivity contribution in [2.75, 3.05) is 6.54 Å². The van der Waals surface area contributed by atoms with Crippen molar-refractivity contribution in [1.82, 2.24) is 9.88 Å². The number of carbonyl (C=O) groups excluding carboxylic acids is 2. The maximum atomic E-state index is 12.3. The molecule has 0 aliphatic carbocycles. The topological polar surface area (TPSA) is 53.2 Å². The average molecular weight is 302 g/mol. The quantitative estimate of drug-likeness (QED) is 0.753. The van der Waals surface area contributed by atoms with Gasteiger partial charge in [0.25, 0.3) is 11.8 Å². The Morgan fingerprint density at radius 1 is 0.913 bits per heavy atom. The van der Waals surface area contributed by atoms with E-state index in [4.69, 9.17) is 0 Å². The Balaban J connectivity index is 1.56. The molecule has 1 N–H and O–H groups in total. The van der Waals surface area contributed by atoms with E-state index in [2.05, 4.69) is 4.98 Å². The van der Waals surface area contributed by atoms with Crippen molar-refractivity contribution in [3.8, 4) is 0 Å².